The lowest BCUT2D eigenvalue weighted by Crippen LogP contribution is -2.08. The maximum Gasteiger partial charge on any atom is 0.343 e. The van der Waals surface area contributed by atoms with Crippen LogP contribution in [0.5, 0.6) is 17.2 Å². The predicted molar refractivity (Wildman–Crippen MR) is 165 cm³/mol. The molecular formula is C35H43NO6. The molecule has 0 bridgehead atoms. The standard InChI is InChI=1S/C35H43NO6/c1-3-5-11-24-40-32-22-23-33(36-27-32)28-14-20-31(21-15-28)42-35(38)29-16-18-30(19-17-29)39-25-12-9-7-6-8-10-13-26-41-34(37)4-2/h4,14-23,27H,2-3,5-13,24-26H2,1H3. The number of ether oxygens (including phenoxy) is 4. The molecule has 224 valence electrons. The van der Waals surface area contributed by atoms with Crippen molar-refractivity contribution in [1.82, 2.24) is 4.98 Å². The summed E-state index contributed by atoms with van der Waals surface area (Å²) >= 11 is 0. The Morgan fingerprint density at radius 1 is 0.690 bits per heavy atom. The summed E-state index contributed by atoms with van der Waals surface area (Å²) in [6, 6.07) is 18.2. The average Bonchev–Trinajstić information content (AvgIpc) is 3.02. The summed E-state index contributed by atoms with van der Waals surface area (Å²) in [5.74, 6) is 1.19. The first-order chi connectivity index (χ1) is 20.6. The molecule has 0 fully saturated rings. The van der Waals surface area contributed by atoms with Gasteiger partial charge in [-0.1, -0.05) is 58.4 Å². The highest BCUT2D eigenvalue weighted by molar-refractivity contribution is 5.91. The molecule has 3 rings (SSSR count). The molecule has 7 nitrogen and oxygen atoms in total. The molecule has 1 heterocycles. The summed E-state index contributed by atoms with van der Waals surface area (Å²) in [5, 5.41) is 0. The number of aromatic nitrogens is 1. The monoisotopic (exact) mass is 573 g/mol. The predicted octanol–water partition coefficient (Wildman–Crippen LogP) is 8.38. The van der Waals surface area contributed by atoms with Crippen molar-refractivity contribution in [1.29, 1.82) is 0 Å². The Balaban J connectivity index is 1.31. The minimum Gasteiger partial charge on any atom is -0.494 e. The van der Waals surface area contributed by atoms with E-state index in [9.17, 15) is 9.59 Å². The van der Waals surface area contributed by atoms with E-state index in [1.165, 1.54) is 6.08 Å². The lowest BCUT2D eigenvalue weighted by Gasteiger charge is -2.09. The first kappa shape index (κ1) is 32.4. The van der Waals surface area contributed by atoms with Crippen LogP contribution in [0.2, 0.25) is 0 Å². The summed E-state index contributed by atoms with van der Waals surface area (Å²) in [6.45, 7) is 7.35. The van der Waals surface area contributed by atoms with Crippen molar-refractivity contribution in [2.75, 3.05) is 19.8 Å². The molecule has 0 radical (unpaired) electrons. The molecule has 0 unspecified atom stereocenters. The average molecular weight is 574 g/mol. The lowest BCUT2D eigenvalue weighted by molar-refractivity contribution is -0.137. The summed E-state index contributed by atoms with van der Waals surface area (Å²) in [7, 11) is 0. The summed E-state index contributed by atoms with van der Waals surface area (Å²) < 4.78 is 22.1. The van der Waals surface area contributed by atoms with Crippen molar-refractivity contribution >= 4 is 11.9 Å². The van der Waals surface area contributed by atoms with Crippen LogP contribution >= 0.6 is 0 Å². The number of esters is 2. The molecule has 0 N–H and O–H groups in total. The van der Waals surface area contributed by atoms with E-state index in [0.717, 1.165) is 87.0 Å². The van der Waals surface area contributed by atoms with Crippen molar-refractivity contribution < 1.29 is 28.5 Å². The zero-order chi connectivity index (χ0) is 29.8. The Morgan fingerprint density at radius 3 is 1.88 bits per heavy atom. The highest BCUT2D eigenvalue weighted by Gasteiger charge is 2.10. The molecule has 0 saturated heterocycles. The van der Waals surface area contributed by atoms with Crippen LogP contribution in [0.25, 0.3) is 11.3 Å². The molecular weight excluding hydrogens is 530 g/mol. The summed E-state index contributed by atoms with van der Waals surface area (Å²) in [4.78, 5) is 28.1. The number of nitrogens with zero attached hydrogens (tertiary/aromatic N) is 1. The number of pyridine rings is 1. The van der Waals surface area contributed by atoms with Gasteiger partial charge in [-0.15, -0.1) is 0 Å². The fourth-order valence-electron chi connectivity index (χ4n) is 4.24. The van der Waals surface area contributed by atoms with Gasteiger partial charge in [-0.25, -0.2) is 9.59 Å². The maximum absolute atomic E-state index is 12.6. The van der Waals surface area contributed by atoms with Gasteiger partial charge in [0.15, 0.2) is 0 Å². The lowest BCUT2D eigenvalue weighted by atomic mass is 10.1. The smallest absolute Gasteiger partial charge is 0.343 e. The minimum atomic E-state index is -0.420. The third-order valence-electron chi connectivity index (χ3n) is 6.67. The van der Waals surface area contributed by atoms with Crippen molar-refractivity contribution in [2.45, 2.75) is 71.1 Å². The third-order valence-corrected chi connectivity index (χ3v) is 6.67. The van der Waals surface area contributed by atoms with E-state index in [4.69, 9.17) is 18.9 Å². The third kappa shape index (κ3) is 12.2. The van der Waals surface area contributed by atoms with Crippen LogP contribution < -0.4 is 14.2 Å². The van der Waals surface area contributed by atoms with Gasteiger partial charge in [0.1, 0.15) is 17.2 Å². The summed E-state index contributed by atoms with van der Waals surface area (Å²) in [5.41, 5.74) is 2.21. The van der Waals surface area contributed by atoms with Crippen LogP contribution in [0, 0.1) is 0 Å². The molecule has 2 aromatic carbocycles. The van der Waals surface area contributed by atoms with Gasteiger partial charge < -0.3 is 18.9 Å². The first-order valence-corrected chi connectivity index (χ1v) is 15.0. The molecule has 0 amide bonds. The van der Waals surface area contributed by atoms with Gasteiger partial charge in [0.05, 0.1) is 37.3 Å². The van der Waals surface area contributed by atoms with E-state index in [-0.39, 0.29) is 5.97 Å². The second-order valence-electron chi connectivity index (χ2n) is 10.1. The van der Waals surface area contributed by atoms with Gasteiger partial charge in [-0.2, -0.15) is 0 Å². The molecule has 3 aromatic rings. The second kappa shape index (κ2) is 19.1. The highest BCUT2D eigenvalue weighted by Crippen LogP contribution is 2.23. The normalized spacial score (nSPS) is 10.6. The van der Waals surface area contributed by atoms with Crippen LogP contribution in [0.3, 0.4) is 0 Å². The van der Waals surface area contributed by atoms with Crippen LogP contribution in [0.15, 0.2) is 79.5 Å². The van der Waals surface area contributed by atoms with Gasteiger partial charge in [-0.05, 0) is 79.9 Å². The first-order valence-electron chi connectivity index (χ1n) is 15.0. The van der Waals surface area contributed by atoms with Crippen LogP contribution in [0.4, 0.5) is 0 Å². The highest BCUT2D eigenvalue weighted by atomic mass is 16.5. The molecule has 1 aromatic heterocycles. The zero-order valence-corrected chi connectivity index (χ0v) is 24.7. The van der Waals surface area contributed by atoms with Crippen LogP contribution in [-0.2, 0) is 9.53 Å². The van der Waals surface area contributed by atoms with Crippen LogP contribution in [-0.4, -0.2) is 36.7 Å². The van der Waals surface area contributed by atoms with Gasteiger partial charge in [0, 0.05) is 11.6 Å². The number of rotatable bonds is 20. The van der Waals surface area contributed by atoms with Gasteiger partial charge in [-0.3, -0.25) is 4.98 Å². The van der Waals surface area contributed by atoms with Gasteiger partial charge in [0.25, 0.3) is 0 Å². The Labute approximate surface area is 249 Å². The Bertz CT molecular complexity index is 1210. The molecule has 0 aliphatic rings. The van der Waals surface area contributed by atoms with Gasteiger partial charge >= 0.3 is 11.9 Å². The fraction of sp³-hybridized carbons (Fsp3) is 0.400. The largest absolute Gasteiger partial charge is 0.494 e. The molecule has 0 spiro atoms. The topological polar surface area (TPSA) is 84.0 Å². The van der Waals surface area contributed by atoms with Crippen LogP contribution in [0.1, 0.15) is 81.5 Å². The van der Waals surface area contributed by atoms with Crippen molar-refractivity contribution in [2.24, 2.45) is 0 Å². The molecule has 7 heteroatoms. The number of hydrogen-bond donors (Lipinski definition) is 0. The van der Waals surface area contributed by atoms with Crippen molar-refractivity contribution in [3.63, 3.8) is 0 Å². The number of hydrogen-bond acceptors (Lipinski definition) is 7. The van der Waals surface area contributed by atoms with Crippen molar-refractivity contribution in [3.8, 4) is 28.5 Å². The van der Waals surface area contributed by atoms with E-state index < -0.39 is 5.97 Å². The second-order valence-corrected chi connectivity index (χ2v) is 10.1. The van der Waals surface area contributed by atoms with Gasteiger partial charge in [0.2, 0.25) is 0 Å². The van der Waals surface area contributed by atoms with E-state index in [1.54, 1.807) is 42.6 Å². The molecule has 0 aliphatic heterocycles. The Morgan fingerprint density at radius 2 is 1.26 bits per heavy atom. The number of carbonyl (C=O) groups excluding carboxylic acids is 2. The Kier molecular flexibility index (Phi) is 14.7. The quantitative estimate of drug-likeness (QED) is 0.0581. The van der Waals surface area contributed by atoms with E-state index in [2.05, 4.69) is 18.5 Å². The zero-order valence-electron chi connectivity index (χ0n) is 24.7. The number of carbonyl (C=O) groups is 2. The maximum atomic E-state index is 12.6. The number of benzene rings is 2. The SMILES string of the molecule is C=CC(=O)OCCCCCCCCCOc1ccc(C(=O)Oc2ccc(-c3ccc(OCCCCC)cn3)cc2)cc1. The summed E-state index contributed by atoms with van der Waals surface area (Å²) in [6.07, 6.45) is 13.8. The van der Waals surface area contributed by atoms with E-state index in [0.29, 0.717) is 31.1 Å². The number of unbranched alkanes of at least 4 members (excludes halogenated alkanes) is 8. The van der Waals surface area contributed by atoms with Crippen molar-refractivity contribution in [3.05, 3.63) is 85.1 Å². The minimum absolute atomic E-state index is 0.356. The molecule has 42 heavy (non-hydrogen) atoms. The fourth-order valence-corrected chi connectivity index (χ4v) is 4.24. The molecule has 0 atom stereocenters. The Hall–Kier alpha value is -4.13. The van der Waals surface area contributed by atoms with E-state index >= 15 is 0 Å². The van der Waals surface area contributed by atoms with E-state index in [1.807, 2.05) is 24.3 Å². The molecule has 0 saturated carbocycles. The molecule has 0 aliphatic carbocycles.